The molecule has 0 aromatic heterocycles. The third kappa shape index (κ3) is 2.33. The Morgan fingerprint density at radius 1 is 1.44 bits per heavy atom. The quantitative estimate of drug-likeness (QED) is 0.814. The highest BCUT2D eigenvalue weighted by Crippen LogP contribution is 2.24. The molecule has 1 aromatic rings. The molecule has 1 amide bonds. The number of halogens is 1. The summed E-state index contributed by atoms with van der Waals surface area (Å²) in [7, 11) is 0. The Labute approximate surface area is 113 Å². The third-order valence-electron chi connectivity index (χ3n) is 3.04. The molecule has 3 N–H and O–H groups in total. The second kappa shape index (κ2) is 4.97. The standard InChI is InChI=1S/C12H13BrN2O3/c13-7-3-4-8(9(14)6-7)11(16)15-5-1-2-10(15)12(17)18/h3-4,6,10H,1-2,5,14H2,(H,17,18)/t10-/m1/s1. The molecule has 1 atom stereocenters. The Bertz CT molecular complexity index is 504. The number of likely N-dealkylation sites (tertiary alicyclic amines) is 1. The molecule has 1 heterocycles. The fraction of sp³-hybridized carbons (Fsp3) is 0.333. The lowest BCUT2D eigenvalue weighted by atomic mass is 10.1. The van der Waals surface area contributed by atoms with Crippen molar-refractivity contribution in [3.05, 3.63) is 28.2 Å². The zero-order valence-electron chi connectivity index (χ0n) is 9.60. The zero-order valence-corrected chi connectivity index (χ0v) is 11.2. The molecule has 0 radical (unpaired) electrons. The van der Waals surface area contributed by atoms with E-state index < -0.39 is 12.0 Å². The van der Waals surface area contributed by atoms with E-state index in [2.05, 4.69) is 15.9 Å². The largest absolute Gasteiger partial charge is 0.480 e. The number of aliphatic carboxylic acids is 1. The van der Waals surface area contributed by atoms with Gasteiger partial charge in [0.25, 0.3) is 5.91 Å². The monoisotopic (exact) mass is 312 g/mol. The van der Waals surface area contributed by atoms with Crippen molar-refractivity contribution in [1.29, 1.82) is 0 Å². The van der Waals surface area contributed by atoms with Crippen molar-refractivity contribution >= 4 is 33.5 Å². The van der Waals surface area contributed by atoms with Crippen molar-refractivity contribution in [2.45, 2.75) is 18.9 Å². The number of nitrogens with zero attached hydrogens (tertiary/aromatic N) is 1. The van der Waals surface area contributed by atoms with Gasteiger partial charge in [-0.1, -0.05) is 15.9 Å². The topological polar surface area (TPSA) is 83.6 Å². The Balaban J connectivity index is 2.28. The maximum atomic E-state index is 12.3. The van der Waals surface area contributed by atoms with Crippen LogP contribution >= 0.6 is 15.9 Å². The highest BCUT2D eigenvalue weighted by atomic mass is 79.9. The van der Waals surface area contributed by atoms with Crippen LogP contribution in [0.2, 0.25) is 0 Å². The molecule has 1 fully saturated rings. The van der Waals surface area contributed by atoms with Crippen LogP contribution in [0.5, 0.6) is 0 Å². The van der Waals surface area contributed by atoms with Crippen LogP contribution in [0.4, 0.5) is 5.69 Å². The number of hydrogen-bond donors (Lipinski definition) is 2. The van der Waals surface area contributed by atoms with Crippen LogP contribution < -0.4 is 5.73 Å². The van der Waals surface area contributed by atoms with E-state index in [1.54, 1.807) is 18.2 Å². The number of nitrogen functional groups attached to an aromatic ring is 1. The molecule has 0 unspecified atom stereocenters. The van der Waals surface area contributed by atoms with Crippen molar-refractivity contribution in [2.24, 2.45) is 0 Å². The van der Waals surface area contributed by atoms with E-state index in [1.165, 1.54) is 4.90 Å². The van der Waals surface area contributed by atoms with Gasteiger partial charge in [0.15, 0.2) is 0 Å². The number of carbonyl (C=O) groups excluding carboxylic acids is 1. The highest BCUT2D eigenvalue weighted by molar-refractivity contribution is 9.10. The number of rotatable bonds is 2. The Hall–Kier alpha value is -1.56. The van der Waals surface area contributed by atoms with Gasteiger partial charge in [-0.3, -0.25) is 4.79 Å². The van der Waals surface area contributed by atoms with Crippen LogP contribution in [-0.4, -0.2) is 34.5 Å². The van der Waals surface area contributed by atoms with Gasteiger partial charge < -0.3 is 15.7 Å². The summed E-state index contributed by atoms with van der Waals surface area (Å²) in [6.45, 7) is 0.464. The number of hydrogen-bond acceptors (Lipinski definition) is 3. The molecule has 5 nitrogen and oxygen atoms in total. The molecule has 0 aliphatic carbocycles. The van der Waals surface area contributed by atoms with Gasteiger partial charge in [-0.2, -0.15) is 0 Å². The average Bonchev–Trinajstić information content (AvgIpc) is 2.77. The van der Waals surface area contributed by atoms with Crippen LogP contribution in [0.3, 0.4) is 0 Å². The van der Waals surface area contributed by atoms with Crippen LogP contribution in [0.1, 0.15) is 23.2 Å². The first-order valence-corrected chi connectivity index (χ1v) is 6.39. The second-order valence-electron chi connectivity index (χ2n) is 4.23. The van der Waals surface area contributed by atoms with E-state index in [9.17, 15) is 9.59 Å². The van der Waals surface area contributed by atoms with Gasteiger partial charge in [-0.05, 0) is 31.0 Å². The predicted molar refractivity (Wildman–Crippen MR) is 70.2 cm³/mol. The fourth-order valence-corrected chi connectivity index (χ4v) is 2.53. The number of carbonyl (C=O) groups is 2. The number of carboxylic acids is 1. The predicted octanol–water partition coefficient (Wildman–Crippen LogP) is 1.72. The summed E-state index contributed by atoms with van der Waals surface area (Å²) >= 11 is 3.26. The number of anilines is 1. The average molecular weight is 313 g/mol. The van der Waals surface area contributed by atoms with Crippen LogP contribution in [0.25, 0.3) is 0 Å². The summed E-state index contributed by atoms with van der Waals surface area (Å²) in [4.78, 5) is 24.7. The van der Waals surface area contributed by atoms with Gasteiger partial charge >= 0.3 is 5.97 Å². The summed E-state index contributed by atoms with van der Waals surface area (Å²) in [6, 6.07) is 4.23. The first kappa shape index (κ1) is 12.9. The van der Waals surface area contributed by atoms with Gasteiger partial charge in [0.05, 0.1) is 5.56 Å². The van der Waals surface area contributed by atoms with E-state index in [0.717, 1.165) is 4.47 Å². The van der Waals surface area contributed by atoms with E-state index in [-0.39, 0.29) is 5.91 Å². The fourth-order valence-electron chi connectivity index (χ4n) is 2.15. The van der Waals surface area contributed by atoms with E-state index in [1.807, 2.05) is 0 Å². The Morgan fingerprint density at radius 3 is 2.78 bits per heavy atom. The van der Waals surface area contributed by atoms with Gasteiger partial charge in [-0.25, -0.2) is 4.79 Å². The smallest absolute Gasteiger partial charge is 0.326 e. The Morgan fingerprint density at radius 2 is 2.17 bits per heavy atom. The molecular formula is C12H13BrN2O3. The number of carboxylic acid groups (broad SMARTS) is 1. The summed E-state index contributed by atoms with van der Waals surface area (Å²) in [5, 5.41) is 9.06. The minimum atomic E-state index is -0.962. The lowest BCUT2D eigenvalue weighted by Gasteiger charge is -2.22. The lowest BCUT2D eigenvalue weighted by molar-refractivity contribution is -0.141. The minimum Gasteiger partial charge on any atom is -0.480 e. The van der Waals surface area contributed by atoms with Crippen molar-refractivity contribution in [3.63, 3.8) is 0 Å². The molecule has 0 saturated carbocycles. The number of benzene rings is 1. The maximum absolute atomic E-state index is 12.3. The number of amides is 1. The van der Waals surface area contributed by atoms with Gasteiger partial charge in [0, 0.05) is 16.7 Å². The van der Waals surface area contributed by atoms with Crippen molar-refractivity contribution in [3.8, 4) is 0 Å². The first-order valence-electron chi connectivity index (χ1n) is 5.59. The van der Waals surface area contributed by atoms with Gasteiger partial charge in [-0.15, -0.1) is 0 Å². The molecule has 18 heavy (non-hydrogen) atoms. The normalized spacial score (nSPS) is 18.9. The summed E-state index contributed by atoms with van der Waals surface area (Å²) < 4.78 is 0.785. The van der Waals surface area contributed by atoms with Crippen LogP contribution in [0.15, 0.2) is 22.7 Å². The molecule has 1 aliphatic heterocycles. The molecule has 0 bridgehead atoms. The van der Waals surface area contributed by atoms with Crippen molar-refractivity contribution < 1.29 is 14.7 Å². The molecule has 6 heteroatoms. The minimum absolute atomic E-state index is 0.315. The van der Waals surface area contributed by atoms with E-state index in [4.69, 9.17) is 10.8 Å². The molecule has 0 spiro atoms. The molecule has 2 rings (SSSR count). The van der Waals surface area contributed by atoms with Crippen molar-refractivity contribution in [2.75, 3.05) is 12.3 Å². The molecule has 1 aliphatic rings. The molecule has 1 aromatic carbocycles. The molecule has 96 valence electrons. The third-order valence-corrected chi connectivity index (χ3v) is 3.54. The van der Waals surface area contributed by atoms with Crippen LogP contribution in [0, 0.1) is 0 Å². The summed E-state index contributed by atoms with van der Waals surface area (Å²) in [5.74, 6) is -1.28. The van der Waals surface area contributed by atoms with Crippen LogP contribution in [-0.2, 0) is 4.79 Å². The zero-order chi connectivity index (χ0) is 13.3. The molecular weight excluding hydrogens is 300 g/mol. The van der Waals surface area contributed by atoms with Gasteiger partial charge in [0.1, 0.15) is 6.04 Å². The number of nitrogens with two attached hydrogens (primary N) is 1. The SMILES string of the molecule is Nc1cc(Br)ccc1C(=O)N1CCC[C@@H]1C(=O)O. The lowest BCUT2D eigenvalue weighted by Crippen LogP contribution is -2.40. The summed E-state index contributed by atoms with van der Waals surface area (Å²) in [5.41, 5.74) is 6.49. The first-order chi connectivity index (χ1) is 8.50. The van der Waals surface area contributed by atoms with Crippen molar-refractivity contribution in [1.82, 2.24) is 4.90 Å². The molecule has 1 saturated heterocycles. The second-order valence-corrected chi connectivity index (χ2v) is 5.14. The highest BCUT2D eigenvalue weighted by Gasteiger charge is 2.34. The van der Waals surface area contributed by atoms with Gasteiger partial charge in [0.2, 0.25) is 0 Å². The van der Waals surface area contributed by atoms with E-state index in [0.29, 0.717) is 30.6 Å². The Kier molecular flexibility index (Phi) is 3.56. The summed E-state index contributed by atoms with van der Waals surface area (Å²) in [6.07, 6.45) is 1.21. The van der Waals surface area contributed by atoms with E-state index >= 15 is 0 Å². The maximum Gasteiger partial charge on any atom is 0.326 e.